The molecule has 0 saturated heterocycles. The van der Waals surface area contributed by atoms with Crippen LogP contribution in [0.2, 0.25) is 0 Å². The van der Waals surface area contributed by atoms with Crippen LogP contribution in [0.25, 0.3) is 0 Å². The van der Waals surface area contributed by atoms with Crippen molar-refractivity contribution in [2.45, 2.75) is 90.9 Å². The molecule has 0 unspecified atom stereocenters. The lowest BCUT2D eigenvalue weighted by atomic mass is 9.79. The van der Waals surface area contributed by atoms with E-state index in [1.54, 1.807) is 0 Å². The highest BCUT2D eigenvalue weighted by atomic mass is 14.8. The summed E-state index contributed by atoms with van der Waals surface area (Å²) in [6.07, 6.45) is 9.35. The molecule has 0 bridgehead atoms. The summed E-state index contributed by atoms with van der Waals surface area (Å²) < 4.78 is 0. The third kappa shape index (κ3) is 8.98. The highest BCUT2D eigenvalue weighted by Gasteiger charge is 2.20. The topological polar surface area (TPSA) is 24.4 Å². The van der Waals surface area contributed by atoms with E-state index in [2.05, 4.69) is 76.3 Å². The van der Waals surface area contributed by atoms with E-state index in [1.165, 1.54) is 42.4 Å². The molecule has 1 aromatic rings. The fourth-order valence-electron chi connectivity index (χ4n) is 2.97. The van der Waals surface area contributed by atoms with Gasteiger partial charge in [-0.3, -0.25) is 4.99 Å². The number of hydrogen-bond acceptors (Lipinski definition) is 2. The van der Waals surface area contributed by atoms with E-state index in [9.17, 15) is 0 Å². The van der Waals surface area contributed by atoms with Crippen LogP contribution in [-0.4, -0.2) is 26.4 Å². The Kier molecular flexibility index (Phi) is 9.57. The van der Waals surface area contributed by atoms with Crippen molar-refractivity contribution in [1.82, 2.24) is 5.32 Å². The summed E-state index contributed by atoms with van der Waals surface area (Å²) in [4.78, 5) is 4.61. The van der Waals surface area contributed by atoms with Gasteiger partial charge in [0.1, 0.15) is 0 Å². The largest absolute Gasteiger partial charge is 0.320 e. The van der Waals surface area contributed by atoms with Gasteiger partial charge in [-0.25, -0.2) is 0 Å². The number of hydrogen-bond donors (Lipinski definition) is 1. The van der Waals surface area contributed by atoms with Crippen LogP contribution >= 0.6 is 0 Å². The number of aryl methyl sites for hydroxylation is 1. The molecule has 0 fully saturated rings. The van der Waals surface area contributed by atoms with Crippen LogP contribution in [0.5, 0.6) is 0 Å². The van der Waals surface area contributed by atoms with Crippen molar-refractivity contribution in [2.75, 3.05) is 20.1 Å². The molecule has 148 valence electrons. The molecule has 0 aliphatic rings. The number of aliphatic imine (C=N–C) groups is 1. The number of nitrogens with one attached hydrogen (secondary N) is 1. The molecule has 0 spiro atoms. The summed E-state index contributed by atoms with van der Waals surface area (Å²) >= 11 is 0. The van der Waals surface area contributed by atoms with Crippen molar-refractivity contribution in [1.29, 1.82) is 0 Å². The van der Waals surface area contributed by atoms with E-state index in [1.807, 2.05) is 7.05 Å². The quantitative estimate of drug-likeness (QED) is 0.399. The Bertz CT molecular complexity index is 512. The van der Waals surface area contributed by atoms with Crippen molar-refractivity contribution in [2.24, 2.45) is 4.99 Å². The molecule has 0 aromatic heterocycles. The van der Waals surface area contributed by atoms with Gasteiger partial charge in [0.15, 0.2) is 0 Å². The lowest BCUT2D eigenvalue weighted by Gasteiger charge is -2.26. The van der Waals surface area contributed by atoms with Gasteiger partial charge in [-0.15, -0.1) is 0 Å². The first-order valence-electron chi connectivity index (χ1n) is 10.4. The number of nitrogens with zero attached hydrogens (tertiary/aromatic N) is 1. The molecule has 0 aliphatic carbocycles. The molecular formula is C24H42N2. The molecule has 0 heterocycles. The summed E-state index contributed by atoms with van der Waals surface area (Å²) in [5.74, 6) is 0. The Morgan fingerprint density at radius 1 is 0.846 bits per heavy atom. The van der Waals surface area contributed by atoms with E-state index in [4.69, 9.17) is 0 Å². The summed E-state index contributed by atoms with van der Waals surface area (Å²) in [6.45, 7) is 15.9. The van der Waals surface area contributed by atoms with Gasteiger partial charge in [0.2, 0.25) is 0 Å². The fourth-order valence-corrected chi connectivity index (χ4v) is 2.97. The SMILES string of the molecule is CNCCCCCCN=CCCc1cc(C(C)(C)C)cc(C(C)(C)C)c1. The molecule has 26 heavy (non-hydrogen) atoms. The van der Waals surface area contributed by atoms with E-state index in [0.29, 0.717) is 0 Å². The first-order valence-corrected chi connectivity index (χ1v) is 10.4. The molecule has 0 amide bonds. The summed E-state index contributed by atoms with van der Waals surface area (Å²) in [5, 5.41) is 3.20. The minimum Gasteiger partial charge on any atom is -0.320 e. The molecule has 0 atom stereocenters. The molecule has 2 nitrogen and oxygen atoms in total. The van der Waals surface area contributed by atoms with Crippen LogP contribution in [0.15, 0.2) is 23.2 Å². The van der Waals surface area contributed by atoms with E-state index in [0.717, 1.165) is 25.9 Å². The van der Waals surface area contributed by atoms with Crippen molar-refractivity contribution in [3.8, 4) is 0 Å². The van der Waals surface area contributed by atoms with E-state index in [-0.39, 0.29) is 10.8 Å². The van der Waals surface area contributed by atoms with E-state index >= 15 is 0 Å². The average Bonchev–Trinajstić information content (AvgIpc) is 2.54. The normalized spacial score (nSPS) is 12.9. The Balaban J connectivity index is 2.52. The lowest BCUT2D eigenvalue weighted by Crippen LogP contribution is -2.17. The summed E-state index contributed by atoms with van der Waals surface area (Å²) in [7, 11) is 2.02. The Morgan fingerprint density at radius 2 is 1.42 bits per heavy atom. The van der Waals surface area contributed by atoms with Gasteiger partial charge in [0.05, 0.1) is 0 Å². The number of benzene rings is 1. The maximum absolute atomic E-state index is 4.61. The molecule has 0 aliphatic heterocycles. The maximum atomic E-state index is 4.61. The standard InChI is InChI=1S/C24H42N2/c1-23(2,3)21-17-20(18-22(19-21)24(4,5)6)13-12-16-26-15-11-9-8-10-14-25-7/h16-19,25H,8-15H2,1-7H3. The van der Waals surface area contributed by atoms with Gasteiger partial charge in [-0.05, 0) is 73.0 Å². The first-order chi connectivity index (χ1) is 12.1. The van der Waals surface area contributed by atoms with Gasteiger partial charge < -0.3 is 5.32 Å². The zero-order valence-corrected chi connectivity index (χ0v) is 18.4. The van der Waals surface area contributed by atoms with Crippen LogP contribution in [-0.2, 0) is 17.3 Å². The van der Waals surface area contributed by atoms with Gasteiger partial charge in [-0.2, -0.15) is 0 Å². The second kappa shape index (κ2) is 10.9. The second-order valence-corrected chi connectivity index (χ2v) is 9.56. The third-order valence-corrected chi connectivity index (χ3v) is 4.88. The van der Waals surface area contributed by atoms with Gasteiger partial charge in [0.25, 0.3) is 0 Å². The summed E-state index contributed by atoms with van der Waals surface area (Å²) in [5.41, 5.74) is 4.71. The zero-order valence-electron chi connectivity index (χ0n) is 18.4. The number of unbranched alkanes of at least 4 members (excludes halogenated alkanes) is 3. The maximum Gasteiger partial charge on any atom is 0.0385 e. The highest BCUT2D eigenvalue weighted by Crippen LogP contribution is 2.30. The van der Waals surface area contributed by atoms with Crippen LogP contribution in [0.4, 0.5) is 0 Å². The minimum absolute atomic E-state index is 0.192. The predicted octanol–water partition coefficient (Wildman–Crippen LogP) is 6.06. The predicted molar refractivity (Wildman–Crippen MR) is 118 cm³/mol. The minimum atomic E-state index is 0.192. The second-order valence-electron chi connectivity index (χ2n) is 9.56. The Hall–Kier alpha value is -1.15. The first kappa shape index (κ1) is 22.9. The fraction of sp³-hybridized carbons (Fsp3) is 0.708. The lowest BCUT2D eigenvalue weighted by molar-refractivity contribution is 0.567. The zero-order chi connectivity index (χ0) is 19.6. The molecule has 0 saturated carbocycles. The Labute approximate surface area is 162 Å². The summed E-state index contributed by atoms with van der Waals surface area (Å²) in [6, 6.07) is 7.18. The van der Waals surface area contributed by atoms with Crippen molar-refractivity contribution < 1.29 is 0 Å². The van der Waals surface area contributed by atoms with Crippen LogP contribution < -0.4 is 5.32 Å². The molecule has 1 rings (SSSR count). The molecule has 1 aromatic carbocycles. The smallest absolute Gasteiger partial charge is 0.0385 e. The van der Waals surface area contributed by atoms with Crippen molar-refractivity contribution in [3.63, 3.8) is 0 Å². The average molecular weight is 359 g/mol. The van der Waals surface area contributed by atoms with Crippen molar-refractivity contribution in [3.05, 3.63) is 34.9 Å². The van der Waals surface area contributed by atoms with Crippen LogP contribution in [0, 0.1) is 0 Å². The molecular weight excluding hydrogens is 316 g/mol. The van der Waals surface area contributed by atoms with Gasteiger partial charge >= 0.3 is 0 Å². The van der Waals surface area contributed by atoms with Gasteiger partial charge in [-0.1, -0.05) is 72.6 Å². The monoisotopic (exact) mass is 358 g/mol. The Morgan fingerprint density at radius 3 is 1.96 bits per heavy atom. The third-order valence-electron chi connectivity index (χ3n) is 4.88. The molecule has 1 N–H and O–H groups in total. The van der Waals surface area contributed by atoms with Crippen molar-refractivity contribution >= 4 is 6.21 Å². The van der Waals surface area contributed by atoms with Crippen LogP contribution in [0.3, 0.4) is 0 Å². The highest BCUT2D eigenvalue weighted by molar-refractivity contribution is 5.57. The van der Waals surface area contributed by atoms with E-state index < -0.39 is 0 Å². The number of rotatable bonds is 10. The molecule has 0 radical (unpaired) electrons. The molecule has 2 heteroatoms. The van der Waals surface area contributed by atoms with Gasteiger partial charge in [0, 0.05) is 6.54 Å². The van der Waals surface area contributed by atoms with Crippen LogP contribution in [0.1, 0.15) is 90.3 Å².